The Bertz CT molecular complexity index is 1560. The minimum Gasteiger partial charge on any atom is -0.493 e. The van der Waals surface area contributed by atoms with E-state index in [0.717, 1.165) is 53.3 Å². The molecule has 4 aromatic carbocycles. The van der Waals surface area contributed by atoms with Gasteiger partial charge in [0, 0.05) is 24.3 Å². The molecule has 0 amide bonds. The Balaban J connectivity index is 1.26. The van der Waals surface area contributed by atoms with Crippen molar-refractivity contribution in [1.29, 1.82) is 0 Å². The molecule has 43 heavy (non-hydrogen) atoms. The van der Waals surface area contributed by atoms with E-state index in [9.17, 15) is 0 Å². The van der Waals surface area contributed by atoms with Crippen molar-refractivity contribution in [2.75, 3.05) is 7.11 Å². The number of hydrogen-bond acceptors (Lipinski definition) is 2. The summed E-state index contributed by atoms with van der Waals surface area (Å²) in [4.78, 5) is 0. The molecule has 0 spiro atoms. The summed E-state index contributed by atoms with van der Waals surface area (Å²) >= 11 is 0. The largest absolute Gasteiger partial charge is 0.493 e. The fourth-order valence-electron chi connectivity index (χ4n) is 5.20. The second-order valence-corrected chi connectivity index (χ2v) is 10.7. The molecule has 0 N–H and O–H groups in total. The summed E-state index contributed by atoms with van der Waals surface area (Å²) in [6, 6.07) is 40.2. The number of hydrogen-bond donors (Lipinski definition) is 0. The van der Waals surface area contributed by atoms with Gasteiger partial charge in [-0.1, -0.05) is 91.9 Å². The molecule has 3 heteroatoms. The average Bonchev–Trinajstić information content (AvgIpc) is 3.06. The summed E-state index contributed by atoms with van der Waals surface area (Å²) < 4.78 is 13.9. The van der Waals surface area contributed by atoms with Crippen LogP contribution in [0.15, 0.2) is 115 Å². The van der Waals surface area contributed by atoms with Gasteiger partial charge in [0.25, 0.3) is 0 Å². The number of nitrogens with zero attached hydrogens (tertiary/aromatic N) is 1. The number of rotatable bonds is 12. The topological polar surface area (TPSA) is 22.3 Å². The normalized spacial score (nSPS) is 11.3. The third kappa shape index (κ3) is 8.11. The molecule has 0 bridgehead atoms. The van der Waals surface area contributed by atoms with Crippen LogP contribution in [0.4, 0.5) is 0 Å². The quantitative estimate of drug-likeness (QED) is 0.141. The molecule has 216 valence electrons. The predicted octanol–water partition coefficient (Wildman–Crippen LogP) is 8.79. The first-order valence-electron chi connectivity index (χ1n) is 15.0. The van der Waals surface area contributed by atoms with Crippen LogP contribution >= 0.6 is 0 Å². The molecule has 1 aromatic heterocycles. The Hall–Kier alpha value is -4.89. The molecule has 0 fully saturated rings. The summed E-state index contributed by atoms with van der Waals surface area (Å²) in [6.07, 6.45) is 11.8. The van der Waals surface area contributed by atoms with Crippen molar-refractivity contribution < 1.29 is 14.0 Å². The smallest absolute Gasteiger partial charge is 0.205 e. The molecular formula is C40H40NO2+. The first-order chi connectivity index (χ1) is 21.1. The minimum atomic E-state index is 0.501. The van der Waals surface area contributed by atoms with Gasteiger partial charge >= 0.3 is 0 Å². The lowest BCUT2D eigenvalue weighted by Gasteiger charge is -2.11. The van der Waals surface area contributed by atoms with Crippen LogP contribution in [-0.4, -0.2) is 7.11 Å². The average molecular weight is 567 g/mol. The van der Waals surface area contributed by atoms with Crippen molar-refractivity contribution in [1.82, 2.24) is 0 Å². The molecule has 0 aliphatic heterocycles. The summed E-state index contributed by atoms with van der Waals surface area (Å²) in [5.74, 6) is 1.45. The lowest BCUT2D eigenvalue weighted by atomic mass is 9.96. The molecule has 0 unspecified atom stereocenters. The van der Waals surface area contributed by atoms with E-state index >= 15 is 0 Å². The molecule has 5 rings (SSSR count). The first kappa shape index (κ1) is 29.6. The molecule has 0 saturated carbocycles. The van der Waals surface area contributed by atoms with E-state index < -0.39 is 0 Å². The van der Waals surface area contributed by atoms with Crippen LogP contribution in [0.1, 0.15) is 51.7 Å². The van der Waals surface area contributed by atoms with Gasteiger partial charge in [-0.15, -0.1) is 0 Å². The summed E-state index contributed by atoms with van der Waals surface area (Å²) in [5, 5.41) is 0. The number of ether oxygens (including phenoxy) is 2. The zero-order valence-corrected chi connectivity index (χ0v) is 25.4. The van der Waals surface area contributed by atoms with Crippen molar-refractivity contribution >= 4 is 24.3 Å². The Morgan fingerprint density at radius 2 is 1.21 bits per heavy atom. The number of benzene rings is 4. The van der Waals surface area contributed by atoms with Crippen molar-refractivity contribution in [2.45, 2.75) is 32.8 Å². The highest BCUT2D eigenvalue weighted by Gasteiger charge is 2.09. The van der Waals surface area contributed by atoms with Gasteiger partial charge in [-0.3, -0.25) is 0 Å². The van der Waals surface area contributed by atoms with Crippen molar-refractivity contribution in [3.05, 3.63) is 160 Å². The van der Waals surface area contributed by atoms with Gasteiger partial charge in [0.15, 0.2) is 11.5 Å². The van der Waals surface area contributed by atoms with Gasteiger partial charge in [-0.2, -0.15) is 4.57 Å². The van der Waals surface area contributed by atoms with Gasteiger partial charge in [0.1, 0.15) is 13.7 Å². The second-order valence-electron chi connectivity index (χ2n) is 10.7. The highest BCUT2D eigenvalue weighted by atomic mass is 16.5. The molecule has 0 radical (unpaired) electrons. The van der Waals surface area contributed by atoms with E-state index in [0.29, 0.717) is 6.61 Å². The third-order valence-electron chi connectivity index (χ3n) is 7.76. The standard InChI is InChI=1S/C40H40NO2/c1-4-35-28-32(19-24-36(35)23-18-31-12-7-5-8-13-31)20-25-37-16-11-17-38(41(37)2)26-21-33-22-27-39(40(29-33)42-3)43-30-34-14-9-6-10-15-34/h5-17,19-22,24-29H,4,18,23,30H2,1-3H3/q+1/b25-20+,26-21+. The maximum Gasteiger partial charge on any atom is 0.205 e. The lowest BCUT2D eigenvalue weighted by molar-refractivity contribution is -0.675. The fraction of sp³-hybridized carbons (Fsp3) is 0.175. The van der Waals surface area contributed by atoms with Crippen LogP contribution in [0.2, 0.25) is 0 Å². The van der Waals surface area contributed by atoms with Crippen LogP contribution < -0.4 is 14.0 Å². The van der Waals surface area contributed by atoms with Gasteiger partial charge in [-0.25, -0.2) is 0 Å². The number of pyridine rings is 1. The SMILES string of the molecule is CCc1cc(/C=C/c2cccc(/C=C/c3ccc(OCc4ccccc4)c(OC)c3)[n+]2C)ccc1CCc1ccccc1. The van der Waals surface area contributed by atoms with Gasteiger partial charge in [-0.05, 0) is 83.0 Å². The third-order valence-corrected chi connectivity index (χ3v) is 7.76. The van der Waals surface area contributed by atoms with Crippen LogP contribution in [-0.2, 0) is 32.9 Å². The molecule has 0 atom stereocenters. The van der Waals surface area contributed by atoms with E-state index in [2.05, 4.69) is 128 Å². The van der Waals surface area contributed by atoms with Crippen molar-refractivity contribution in [2.24, 2.45) is 7.05 Å². The maximum atomic E-state index is 6.02. The molecule has 0 aliphatic carbocycles. The zero-order chi connectivity index (χ0) is 29.9. The fourth-order valence-corrected chi connectivity index (χ4v) is 5.20. The molecule has 5 aromatic rings. The Morgan fingerprint density at radius 1 is 0.581 bits per heavy atom. The Morgan fingerprint density at radius 3 is 1.86 bits per heavy atom. The maximum absolute atomic E-state index is 6.02. The number of methoxy groups -OCH3 is 1. The van der Waals surface area contributed by atoms with E-state index in [1.807, 2.05) is 30.3 Å². The molecule has 3 nitrogen and oxygen atoms in total. The zero-order valence-electron chi connectivity index (χ0n) is 25.4. The first-order valence-corrected chi connectivity index (χ1v) is 15.0. The Kier molecular flexibility index (Phi) is 10.2. The van der Waals surface area contributed by atoms with E-state index in [1.165, 1.54) is 22.3 Å². The Labute approximate surface area is 256 Å². The molecular weight excluding hydrogens is 526 g/mol. The van der Waals surface area contributed by atoms with Crippen molar-refractivity contribution in [3.8, 4) is 11.5 Å². The molecule has 0 saturated heterocycles. The van der Waals surface area contributed by atoms with Crippen LogP contribution in [0, 0.1) is 0 Å². The highest BCUT2D eigenvalue weighted by molar-refractivity contribution is 5.70. The number of aromatic nitrogens is 1. The summed E-state index contributed by atoms with van der Waals surface area (Å²) in [6.45, 7) is 2.74. The van der Waals surface area contributed by atoms with Crippen LogP contribution in [0.3, 0.4) is 0 Å². The van der Waals surface area contributed by atoms with Crippen LogP contribution in [0.5, 0.6) is 11.5 Å². The minimum absolute atomic E-state index is 0.501. The van der Waals surface area contributed by atoms with Crippen LogP contribution in [0.25, 0.3) is 24.3 Å². The monoisotopic (exact) mass is 566 g/mol. The van der Waals surface area contributed by atoms with E-state index in [1.54, 1.807) is 7.11 Å². The second kappa shape index (κ2) is 14.8. The predicted molar refractivity (Wildman–Crippen MR) is 179 cm³/mol. The van der Waals surface area contributed by atoms with E-state index in [4.69, 9.17) is 9.47 Å². The summed E-state index contributed by atoms with van der Waals surface area (Å²) in [7, 11) is 3.78. The van der Waals surface area contributed by atoms with Gasteiger partial charge in [0.2, 0.25) is 11.4 Å². The molecule has 1 heterocycles. The van der Waals surface area contributed by atoms with Crippen molar-refractivity contribution in [3.63, 3.8) is 0 Å². The highest BCUT2D eigenvalue weighted by Crippen LogP contribution is 2.29. The molecule has 0 aliphatic rings. The van der Waals surface area contributed by atoms with Gasteiger partial charge in [0.05, 0.1) is 7.11 Å². The van der Waals surface area contributed by atoms with Gasteiger partial charge < -0.3 is 9.47 Å². The van der Waals surface area contributed by atoms with E-state index in [-0.39, 0.29) is 0 Å². The lowest BCUT2D eigenvalue weighted by Crippen LogP contribution is -2.35. The number of aryl methyl sites for hydroxylation is 3. The summed E-state index contributed by atoms with van der Waals surface area (Å²) in [5.41, 5.74) is 9.88.